The van der Waals surface area contributed by atoms with Gasteiger partial charge in [0.15, 0.2) is 17.9 Å². The van der Waals surface area contributed by atoms with Gasteiger partial charge in [0.05, 0.1) is 6.04 Å². The molecule has 43 heavy (non-hydrogen) atoms. The van der Waals surface area contributed by atoms with Crippen LogP contribution < -0.4 is 56.1 Å². The van der Waals surface area contributed by atoms with Crippen molar-refractivity contribution in [1.29, 1.82) is 0 Å². The van der Waals surface area contributed by atoms with Gasteiger partial charge in [0, 0.05) is 26.1 Å². The third kappa shape index (κ3) is 19.0. The molecule has 0 spiro atoms. The SMILES string of the molecule is NC(N)=NCCCC(N)C(=O)NC(CCC(=O)O)C(=O)NC(CCCN=C(N)N)C(=O)NC(CCCN=C(N)N)C(=O)O. The van der Waals surface area contributed by atoms with E-state index in [0.717, 1.165) is 0 Å². The Morgan fingerprint density at radius 2 is 0.930 bits per heavy atom. The quantitative estimate of drug-likeness (QED) is 0.0308. The van der Waals surface area contributed by atoms with Crippen molar-refractivity contribution in [2.24, 2.45) is 55.1 Å². The smallest absolute Gasteiger partial charge is 0.326 e. The van der Waals surface area contributed by atoms with Crippen molar-refractivity contribution in [2.75, 3.05) is 19.6 Å². The van der Waals surface area contributed by atoms with Gasteiger partial charge in [-0.1, -0.05) is 0 Å². The lowest BCUT2D eigenvalue weighted by Gasteiger charge is -2.25. The third-order valence-electron chi connectivity index (χ3n) is 5.72. The number of guanidine groups is 3. The van der Waals surface area contributed by atoms with Crippen molar-refractivity contribution in [3.63, 3.8) is 0 Å². The van der Waals surface area contributed by atoms with Crippen molar-refractivity contribution >= 4 is 47.5 Å². The van der Waals surface area contributed by atoms with Gasteiger partial charge in [0.2, 0.25) is 17.7 Å². The fraction of sp³-hybridized carbons (Fsp3) is 0.652. The van der Waals surface area contributed by atoms with Gasteiger partial charge in [0.1, 0.15) is 18.1 Å². The molecule has 0 saturated carbocycles. The molecule has 0 aromatic carbocycles. The van der Waals surface area contributed by atoms with E-state index in [1.165, 1.54) is 0 Å². The maximum Gasteiger partial charge on any atom is 0.326 e. The number of nitrogens with one attached hydrogen (secondary N) is 3. The molecule has 0 rings (SSSR count). The lowest BCUT2D eigenvalue weighted by molar-refractivity contribution is -0.142. The number of carboxylic acids is 2. The molecule has 0 aliphatic rings. The summed E-state index contributed by atoms with van der Waals surface area (Å²) in [6.45, 7) is 0.438. The van der Waals surface area contributed by atoms with E-state index in [0.29, 0.717) is 6.42 Å². The maximum atomic E-state index is 13.2. The highest BCUT2D eigenvalue weighted by atomic mass is 16.4. The summed E-state index contributed by atoms with van der Waals surface area (Å²) in [4.78, 5) is 73.2. The summed E-state index contributed by atoms with van der Waals surface area (Å²) in [5.41, 5.74) is 37.6. The molecule has 0 aliphatic heterocycles. The number of rotatable bonds is 22. The number of carbonyl (C=O) groups is 5. The van der Waals surface area contributed by atoms with Gasteiger partial charge in [-0.15, -0.1) is 0 Å². The van der Waals surface area contributed by atoms with Crippen molar-refractivity contribution in [2.45, 2.75) is 75.5 Å². The molecule has 19 N–H and O–H groups in total. The molecule has 0 radical (unpaired) electrons. The average molecular weight is 616 g/mol. The first kappa shape index (κ1) is 38.1. The summed E-state index contributed by atoms with van der Waals surface area (Å²) in [5, 5.41) is 25.9. The largest absolute Gasteiger partial charge is 0.481 e. The molecule has 244 valence electrons. The van der Waals surface area contributed by atoms with Gasteiger partial charge in [-0.2, -0.15) is 0 Å². The molecule has 4 atom stereocenters. The van der Waals surface area contributed by atoms with Crippen LogP contribution in [0.5, 0.6) is 0 Å². The van der Waals surface area contributed by atoms with Crippen LogP contribution >= 0.6 is 0 Å². The summed E-state index contributed by atoms with van der Waals surface area (Å²) in [6, 6.07) is -5.07. The van der Waals surface area contributed by atoms with E-state index in [4.69, 9.17) is 45.2 Å². The minimum atomic E-state index is -1.38. The van der Waals surface area contributed by atoms with Crippen LogP contribution in [-0.4, -0.2) is 102 Å². The topological polar surface area (TPSA) is 381 Å². The number of aliphatic carboxylic acids is 2. The number of aliphatic imine (C=N–C) groups is 3. The summed E-state index contributed by atoms with van der Waals surface area (Å²) in [5.74, 6) is -5.51. The van der Waals surface area contributed by atoms with Crippen LogP contribution in [0.3, 0.4) is 0 Å². The first-order valence-electron chi connectivity index (χ1n) is 13.4. The third-order valence-corrected chi connectivity index (χ3v) is 5.72. The molecule has 4 unspecified atom stereocenters. The summed E-state index contributed by atoms with van der Waals surface area (Å²) in [6.07, 6.45) is 0.0779. The monoisotopic (exact) mass is 615 g/mol. The Bertz CT molecular complexity index is 1020. The second-order valence-corrected chi connectivity index (χ2v) is 9.41. The zero-order valence-corrected chi connectivity index (χ0v) is 23.9. The highest BCUT2D eigenvalue weighted by Crippen LogP contribution is 2.07. The van der Waals surface area contributed by atoms with Crippen LogP contribution in [0, 0.1) is 0 Å². The molecule has 0 bridgehead atoms. The Labute approximate surface area is 248 Å². The second-order valence-electron chi connectivity index (χ2n) is 9.41. The first-order chi connectivity index (χ1) is 20.1. The average Bonchev–Trinajstić information content (AvgIpc) is 2.91. The van der Waals surface area contributed by atoms with Gasteiger partial charge in [-0.05, 0) is 44.9 Å². The van der Waals surface area contributed by atoms with E-state index in [1.807, 2.05) is 0 Å². The predicted octanol–water partition coefficient (Wildman–Crippen LogP) is -5.12. The van der Waals surface area contributed by atoms with E-state index in [1.54, 1.807) is 0 Å². The highest BCUT2D eigenvalue weighted by molar-refractivity contribution is 5.94. The number of carbonyl (C=O) groups excluding carboxylic acids is 3. The Hall–Kier alpha value is -4.88. The summed E-state index contributed by atoms with van der Waals surface area (Å²) < 4.78 is 0. The van der Waals surface area contributed by atoms with E-state index < -0.39 is 60.2 Å². The summed E-state index contributed by atoms with van der Waals surface area (Å²) in [7, 11) is 0. The first-order valence-corrected chi connectivity index (χ1v) is 13.4. The lowest BCUT2D eigenvalue weighted by Crippen LogP contribution is -2.57. The predicted molar refractivity (Wildman–Crippen MR) is 158 cm³/mol. The molecule has 20 nitrogen and oxygen atoms in total. The number of nitrogens with two attached hydrogens (primary N) is 7. The van der Waals surface area contributed by atoms with Gasteiger partial charge < -0.3 is 66.3 Å². The molecule has 0 aliphatic carbocycles. The van der Waals surface area contributed by atoms with Crippen LogP contribution in [0.15, 0.2) is 15.0 Å². The van der Waals surface area contributed by atoms with E-state index >= 15 is 0 Å². The maximum absolute atomic E-state index is 13.2. The van der Waals surface area contributed by atoms with Crippen LogP contribution in [0.4, 0.5) is 0 Å². The molecule has 3 amide bonds. The van der Waals surface area contributed by atoms with Gasteiger partial charge in [0.25, 0.3) is 0 Å². The Balaban J connectivity index is 5.69. The van der Waals surface area contributed by atoms with Gasteiger partial charge >= 0.3 is 11.9 Å². The van der Waals surface area contributed by atoms with E-state index in [2.05, 4.69) is 30.9 Å². The van der Waals surface area contributed by atoms with Crippen molar-refractivity contribution in [3.05, 3.63) is 0 Å². The van der Waals surface area contributed by atoms with Gasteiger partial charge in [-0.3, -0.25) is 34.2 Å². The molecule has 0 fully saturated rings. The lowest BCUT2D eigenvalue weighted by atomic mass is 10.1. The van der Waals surface area contributed by atoms with Crippen molar-refractivity contribution < 1.29 is 34.2 Å². The van der Waals surface area contributed by atoms with Crippen molar-refractivity contribution in [3.8, 4) is 0 Å². The second kappa shape index (κ2) is 20.9. The number of hydrogen-bond donors (Lipinski definition) is 12. The fourth-order valence-corrected chi connectivity index (χ4v) is 3.54. The number of carboxylic acid groups (broad SMARTS) is 2. The molecule has 20 heteroatoms. The molecule has 0 heterocycles. The molecule has 0 aromatic rings. The Morgan fingerprint density at radius 1 is 0.558 bits per heavy atom. The van der Waals surface area contributed by atoms with E-state index in [9.17, 15) is 29.1 Å². The minimum absolute atomic E-state index is 0.0229. The van der Waals surface area contributed by atoms with Crippen LogP contribution in [-0.2, 0) is 24.0 Å². The molecule has 0 aromatic heterocycles. The van der Waals surface area contributed by atoms with Crippen molar-refractivity contribution in [1.82, 2.24) is 16.0 Å². The minimum Gasteiger partial charge on any atom is -0.481 e. The normalized spacial score (nSPS) is 13.2. The fourth-order valence-electron chi connectivity index (χ4n) is 3.54. The zero-order valence-electron chi connectivity index (χ0n) is 23.9. The zero-order chi connectivity index (χ0) is 32.9. The highest BCUT2D eigenvalue weighted by Gasteiger charge is 2.30. The number of hydrogen-bond acceptors (Lipinski definition) is 9. The Morgan fingerprint density at radius 3 is 1.35 bits per heavy atom. The molecular formula is C23H45N13O7. The van der Waals surface area contributed by atoms with Crippen LogP contribution in [0.25, 0.3) is 0 Å². The van der Waals surface area contributed by atoms with Gasteiger partial charge in [-0.25, -0.2) is 4.79 Å². The summed E-state index contributed by atoms with van der Waals surface area (Å²) >= 11 is 0. The van der Waals surface area contributed by atoms with E-state index in [-0.39, 0.29) is 76.0 Å². The Kier molecular flexibility index (Phi) is 18.5. The number of nitrogens with zero attached hydrogens (tertiary/aromatic N) is 3. The standard InChI is InChI=1S/C23H45N13O7/c24-12(4-1-9-31-21(25)26)17(39)34-14(7-8-16(37)38)19(41)35-13(5-2-10-32-22(27)28)18(40)36-15(20(42)43)6-3-11-33-23(29)30/h12-15H,1-11,24H2,(H,34,39)(H,35,41)(H,36,40)(H,37,38)(H,42,43)(H4,25,26,31)(H4,27,28,32)(H4,29,30,33). The van der Waals surface area contributed by atoms with Crippen LogP contribution in [0.1, 0.15) is 51.4 Å². The molecular weight excluding hydrogens is 570 g/mol. The van der Waals surface area contributed by atoms with Crippen LogP contribution in [0.2, 0.25) is 0 Å². The number of amides is 3. The molecule has 0 saturated heterocycles.